The average molecular weight is 350 g/mol. The van der Waals surface area contributed by atoms with Gasteiger partial charge in [0, 0.05) is 6.07 Å². The molecule has 6 nitrogen and oxygen atoms in total. The monoisotopic (exact) mass is 350 g/mol. The lowest BCUT2D eigenvalue weighted by molar-refractivity contribution is -0.654. The van der Waals surface area contributed by atoms with E-state index in [2.05, 4.69) is 4.57 Å². The first kappa shape index (κ1) is 16.3. The van der Waals surface area contributed by atoms with Gasteiger partial charge in [0.1, 0.15) is 12.3 Å². The van der Waals surface area contributed by atoms with Crippen LogP contribution in [0.15, 0.2) is 42.5 Å². The molecule has 1 aliphatic heterocycles. The first-order valence-electron chi connectivity index (χ1n) is 8.57. The SMILES string of the molecule is CCn1c(CN2C(=O)c3ccccc3C2=O)[n+](C)c2ccc(OC)cc21. The third-order valence-corrected chi connectivity index (χ3v) is 5.03. The lowest BCUT2D eigenvalue weighted by Gasteiger charge is -2.12. The molecule has 0 aliphatic carbocycles. The fourth-order valence-electron chi connectivity index (χ4n) is 3.66. The van der Waals surface area contributed by atoms with Crippen LogP contribution in [0.5, 0.6) is 5.75 Å². The van der Waals surface area contributed by atoms with Gasteiger partial charge in [-0.25, -0.2) is 9.13 Å². The Hall–Kier alpha value is -3.15. The van der Waals surface area contributed by atoms with Crippen LogP contribution in [0.3, 0.4) is 0 Å². The van der Waals surface area contributed by atoms with Gasteiger partial charge < -0.3 is 4.74 Å². The summed E-state index contributed by atoms with van der Waals surface area (Å²) in [5.74, 6) is 1.19. The van der Waals surface area contributed by atoms with Gasteiger partial charge in [-0.1, -0.05) is 12.1 Å². The minimum Gasteiger partial charge on any atom is -0.497 e. The van der Waals surface area contributed by atoms with Crippen LogP contribution in [-0.2, 0) is 20.1 Å². The highest BCUT2D eigenvalue weighted by atomic mass is 16.5. The summed E-state index contributed by atoms with van der Waals surface area (Å²) < 4.78 is 9.48. The van der Waals surface area contributed by atoms with E-state index in [0.717, 1.165) is 29.2 Å². The predicted octanol–water partition coefficient (Wildman–Crippen LogP) is 2.29. The van der Waals surface area contributed by atoms with Crippen LogP contribution in [0, 0.1) is 0 Å². The normalized spacial score (nSPS) is 13.6. The molecule has 0 fully saturated rings. The molecule has 1 aliphatic rings. The maximum Gasteiger partial charge on any atom is 0.277 e. The van der Waals surface area contributed by atoms with Gasteiger partial charge in [0.05, 0.1) is 31.8 Å². The van der Waals surface area contributed by atoms with E-state index in [9.17, 15) is 9.59 Å². The first-order chi connectivity index (χ1) is 12.6. The van der Waals surface area contributed by atoms with E-state index in [4.69, 9.17) is 4.74 Å². The Balaban J connectivity index is 1.80. The molecule has 3 aromatic rings. The van der Waals surface area contributed by atoms with Crippen LogP contribution in [0.2, 0.25) is 0 Å². The Morgan fingerprint density at radius 2 is 1.69 bits per heavy atom. The second kappa shape index (κ2) is 5.98. The van der Waals surface area contributed by atoms with E-state index in [1.807, 2.05) is 36.7 Å². The fraction of sp³-hybridized carbons (Fsp3) is 0.250. The summed E-state index contributed by atoms with van der Waals surface area (Å²) in [5.41, 5.74) is 2.99. The Labute approximate surface area is 151 Å². The zero-order chi connectivity index (χ0) is 18.4. The number of fused-ring (bicyclic) bond motifs is 2. The van der Waals surface area contributed by atoms with Crippen molar-refractivity contribution in [1.82, 2.24) is 9.47 Å². The number of aromatic nitrogens is 2. The summed E-state index contributed by atoms with van der Waals surface area (Å²) in [7, 11) is 3.59. The van der Waals surface area contributed by atoms with Crippen molar-refractivity contribution in [1.29, 1.82) is 0 Å². The van der Waals surface area contributed by atoms with Gasteiger partial charge in [0.15, 0.2) is 11.0 Å². The second-order valence-corrected chi connectivity index (χ2v) is 6.32. The number of hydrogen-bond acceptors (Lipinski definition) is 3. The van der Waals surface area contributed by atoms with Crippen LogP contribution < -0.4 is 9.30 Å². The highest BCUT2D eigenvalue weighted by Crippen LogP contribution is 2.26. The first-order valence-corrected chi connectivity index (χ1v) is 8.57. The highest BCUT2D eigenvalue weighted by molar-refractivity contribution is 6.21. The maximum atomic E-state index is 12.7. The minimum absolute atomic E-state index is 0.230. The van der Waals surface area contributed by atoms with Crippen LogP contribution >= 0.6 is 0 Å². The van der Waals surface area contributed by atoms with Gasteiger partial charge in [-0.15, -0.1) is 0 Å². The third kappa shape index (κ3) is 2.22. The molecule has 2 amide bonds. The summed E-state index contributed by atoms with van der Waals surface area (Å²) in [5, 5.41) is 0. The van der Waals surface area contributed by atoms with E-state index in [1.54, 1.807) is 31.4 Å². The molecule has 0 saturated carbocycles. The lowest BCUT2D eigenvalue weighted by atomic mass is 10.1. The van der Waals surface area contributed by atoms with E-state index >= 15 is 0 Å². The fourth-order valence-corrected chi connectivity index (χ4v) is 3.66. The van der Waals surface area contributed by atoms with Gasteiger partial charge in [-0.2, -0.15) is 0 Å². The Morgan fingerprint density at radius 3 is 2.27 bits per heavy atom. The van der Waals surface area contributed by atoms with Crippen molar-refractivity contribution in [3.8, 4) is 5.75 Å². The van der Waals surface area contributed by atoms with E-state index in [0.29, 0.717) is 11.1 Å². The summed E-state index contributed by atoms with van der Waals surface area (Å²) in [6, 6.07) is 12.8. The van der Waals surface area contributed by atoms with Crippen LogP contribution in [0.25, 0.3) is 11.0 Å². The molecule has 2 heterocycles. The number of hydrogen-bond donors (Lipinski definition) is 0. The zero-order valence-electron chi connectivity index (χ0n) is 15.0. The van der Waals surface area contributed by atoms with Gasteiger partial charge in [0.25, 0.3) is 17.6 Å². The maximum absolute atomic E-state index is 12.7. The van der Waals surface area contributed by atoms with E-state index < -0.39 is 0 Å². The molecule has 0 atom stereocenters. The lowest BCUT2D eigenvalue weighted by Crippen LogP contribution is -2.39. The van der Waals surface area contributed by atoms with E-state index in [1.165, 1.54) is 4.90 Å². The molecule has 0 unspecified atom stereocenters. The van der Waals surface area contributed by atoms with E-state index in [-0.39, 0.29) is 18.4 Å². The third-order valence-electron chi connectivity index (χ3n) is 5.03. The number of rotatable bonds is 4. The molecule has 0 radical (unpaired) electrons. The van der Waals surface area contributed by atoms with Crippen molar-refractivity contribution in [2.45, 2.75) is 20.0 Å². The van der Waals surface area contributed by atoms with Crippen molar-refractivity contribution in [2.24, 2.45) is 7.05 Å². The quantitative estimate of drug-likeness (QED) is 0.536. The topological polar surface area (TPSA) is 55.4 Å². The Morgan fingerprint density at radius 1 is 1.04 bits per heavy atom. The number of carbonyl (C=O) groups is 2. The summed E-state index contributed by atoms with van der Waals surface area (Å²) in [4.78, 5) is 26.7. The smallest absolute Gasteiger partial charge is 0.277 e. The van der Waals surface area contributed by atoms with Crippen molar-refractivity contribution in [3.05, 3.63) is 59.4 Å². The number of imide groups is 1. The molecule has 6 heteroatoms. The Bertz CT molecular complexity index is 1020. The number of carbonyl (C=O) groups excluding carboxylic acids is 2. The van der Waals surface area contributed by atoms with Crippen molar-refractivity contribution in [2.75, 3.05) is 7.11 Å². The molecular formula is C20H20N3O3+. The molecule has 132 valence electrons. The molecule has 26 heavy (non-hydrogen) atoms. The van der Waals surface area contributed by atoms with Crippen LogP contribution in [0.4, 0.5) is 0 Å². The molecule has 2 aromatic carbocycles. The van der Waals surface area contributed by atoms with Crippen molar-refractivity contribution < 1.29 is 18.9 Å². The number of amides is 2. The summed E-state index contributed by atoms with van der Waals surface area (Å²) in [6.07, 6.45) is 0. The molecule has 0 N–H and O–H groups in total. The average Bonchev–Trinajstić information content (AvgIpc) is 3.08. The van der Waals surface area contributed by atoms with Gasteiger partial charge in [-0.05, 0) is 31.2 Å². The number of benzene rings is 2. The van der Waals surface area contributed by atoms with Crippen LogP contribution in [-0.4, -0.2) is 28.4 Å². The standard InChI is InChI=1S/C20H20N3O3/c1-4-22-17-11-13(26-3)9-10-16(17)21(2)18(22)12-23-19(24)14-7-5-6-8-15(14)20(23)25/h5-11H,4,12H2,1-3H3/q+1. The zero-order valence-corrected chi connectivity index (χ0v) is 15.0. The molecule has 0 saturated heterocycles. The summed E-state index contributed by atoms with van der Waals surface area (Å²) >= 11 is 0. The number of imidazole rings is 1. The van der Waals surface area contributed by atoms with Gasteiger partial charge in [0.2, 0.25) is 0 Å². The highest BCUT2D eigenvalue weighted by Gasteiger charge is 2.38. The predicted molar refractivity (Wildman–Crippen MR) is 96.0 cm³/mol. The molecule has 1 aromatic heterocycles. The summed E-state index contributed by atoms with van der Waals surface area (Å²) in [6.45, 7) is 3.00. The largest absolute Gasteiger partial charge is 0.497 e. The molecule has 4 rings (SSSR count). The molecular weight excluding hydrogens is 330 g/mol. The number of nitrogens with zero attached hydrogens (tertiary/aromatic N) is 3. The number of methoxy groups -OCH3 is 1. The minimum atomic E-state index is -0.240. The number of ether oxygens (including phenoxy) is 1. The number of aryl methyl sites for hydroxylation is 2. The van der Waals surface area contributed by atoms with Gasteiger partial charge in [-0.3, -0.25) is 14.5 Å². The van der Waals surface area contributed by atoms with Gasteiger partial charge >= 0.3 is 0 Å². The van der Waals surface area contributed by atoms with Crippen LogP contribution in [0.1, 0.15) is 33.5 Å². The second-order valence-electron chi connectivity index (χ2n) is 6.32. The Kier molecular flexibility index (Phi) is 3.76. The van der Waals surface area contributed by atoms with Crippen molar-refractivity contribution in [3.63, 3.8) is 0 Å². The van der Waals surface area contributed by atoms with Crippen molar-refractivity contribution >= 4 is 22.8 Å². The molecule has 0 spiro atoms. The molecule has 0 bridgehead atoms.